The van der Waals surface area contributed by atoms with Gasteiger partial charge in [0.25, 0.3) is 23.5 Å². The van der Waals surface area contributed by atoms with Gasteiger partial charge in [0, 0.05) is 87.1 Å². The number of alkyl halides is 3. The highest BCUT2D eigenvalue weighted by Crippen LogP contribution is 2.45. The van der Waals surface area contributed by atoms with Gasteiger partial charge in [-0.05, 0) is 156 Å². The summed E-state index contributed by atoms with van der Waals surface area (Å²) in [6.07, 6.45) is 1.14. The monoisotopic (exact) mass is 1320 g/mol. The number of Topliss-reactive ketones (excluding diaryl/α,β-unsaturated/α-hetero) is 1. The summed E-state index contributed by atoms with van der Waals surface area (Å²) in [5, 5.41) is 49.5. The molecule has 1 aromatic heterocycles. The number of carbonyl (C=O) groups is 7. The Morgan fingerprint density at radius 2 is 1.53 bits per heavy atom. The van der Waals surface area contributed by atoms with E-state index in [0.717, 1.165) is 23.4 Å². The molecule has 6 aliphatic rings. The summed E-state index contributed by atoms with van der Waals surface area (Å²) in [5.74, 6) is -10.6. The number of rotatable bonds is 17. The molecule has 0 spiro atoms. The van der Waals surface area contributed by atoms with Gasteiger partial charge in [-0.25, -0.2) is 9.48 Å². The number of fused-ring (bicyclic) bond motifs is 11. The molecule has 26 heteroatoms. The van der Waals surface area contributed by atoms with Gasteiger partial charge in [0.2, 0.25) is 17.6 Å². The standard InChI is InChI=1S/C67H87ClF3N7O15/c1-9-55(81)75-44-32-43(68)33-45(34-44)76-63(85)49-35-74-78(60(49)67(69,70)71)46-19-17-42(18-20-46)62(84)73-24-23-72-56(82)14-10-12-40-15-21-50(79)39(5)58-48(30-41-16-22-51(80)52(31-41)89-6)47-13-11-25-77(57(47)65(87)92-58)64(86)61(83)66(88)38(4)29-54(91-8)59(93-66)53(90-7)28-37(3)26-36(2)27-40/h9,17-20,27,30,32-35,37-41,47,50-54,57-59,79-80,88H,1,10-16,21-26,28-29,31H2,2-8H3,(H,72,82)(H,73,84)(H,75,81)(H,76,85)/b36-27+,48-30+/t37-,38+,39+,40-,41-,47?,50-,51+,52+,53-,54-,57-,58-,59+,66+/m0/s1. The maximum Gasteiger partial charge on any atom is 0.434 e. The van der Waals surface area contributed by atoms with Gasteiger partial charge < -0.3 is 65.2 Å². The Morgan fingerprint density at radius 3 is 2.20 bits per heavy atom. The Labute approximate surface area is 544 Å². The fraction of sp³-hybridized carbons (Fsp3) is 0.582. The largest absolute Gasteiger partial charge is 0.456 e. The lowest BCUT2D eigenvalue weighted by atomic mass is 9.72. The molecule has 22 nitrogen and oxygen atoms in total. The Hall–Kier alpha value is -6.84. The second-order valence-corrected chi connectivity index (χ2v) is 25.9. The lowest BCUT2D eigenvalue weighted by Gasteiger charge is -2.49. The van der Waals surface area contributed by atoms with Crippen molar-refractivity contribution in [3.05, 3.63) is 106 Å². The molecule has 3 aromatic rings. The third kappa shape index (κ3) is 17.4. The number of hydrogen-bond acceptors (Lipinski definition) is 16. The van der Waals surface area contributed by atoms with Gasteiger partial charge in [0.1, 0.15) is 18.2 Å². The number of carbonyl (C=O) groups excluding carboxylic acids is 7. The predicted octanol–water partition coefficient (Wildman–Crippen LogP) is 8.05. The Bertz CT molecular complexity index is 3270. The van der Waals surface area contributed by atoms with Crippen LogP contribution >= 0.6 is 11.6 Å². The first-order chi connectivity index (χ1) is 44.2. The zero-order valence-electron chi connectivity index (χ0n) is 53.5. The van der Waals surface area contributed by atoms with E-state index < -0.39 is 125 Å². The van der Waals surface area contributed by atoms with Crippen LogP contribution in [0.3, 0.4) is 0 Å². The quantitative estimate of drug-likeness (QED) is 0.0221. The Balaban J connectivity index is 0.931. The number of ether oxygens (including phenoxy) is 5. The van der Waals surface area contributed by atoms with Crippen LogP contribution in [-0.2, 0) is 53.8 Å². The van der Waals surface area contributed by atoms with Crippen molar-refractivity contribution < 1.29 is 85.7 Å². The van der Waals surface area contributed by atoms with Crippen LogP contribution in [0.5, 0.6) is 0 Å². The van der Waals surface area contributed by atoms with Crippen molar-refractivity contribution in [3.63, 3.8) is 0 Å². The average molecular weight is 1320 g/mol. The number of aliphatic hydroxyl groups is 3. The number of piperidine rings is 1. The highest BCUT2D eigenvalue weighted by molar-refractivity contribution is 6.39. The summed E-state index contributed by atoms with van der Waals surface area (Å²) in [6.45, 7) is 11.0. The number of esters is 1. The highest BCUT2D eigenvalue weighted by atomic mass is 35.5. The number of methoxy groups -OCH3 is 3. The molecule has 3 saturated heterocycles. The molecule has 15 atom stereocenters. The first-order valence-electron chi connectivity index (χ1n) is 31.8. The summed E-state index contributed by atoms with van der Waals surface area (Å²) < 4.78 is 74.6. The summed E-state index contributed by atoms with van der Waals surface area (Å²) >= 11 is 6.13. The van der Waals surface area contributed by atoms with E-state index in [4.69, 9.17) is 35.3 Å². The zero-order chi connectivity index (χ0) is 67.6. The van der Waals surface area contributed by atoms with Gasteiger partial charge in [0.05, 0.1) is 48.0 Å². The number of benzene rings is 2. The number of amides is 5. The molecule has 5 aliphatic heterocycles. The Morgan fingerprint density at radius 1 is 0.860 bits per heavy atom. The van der Waals surface area contributed by atoms with Crippen molar-refractivity contribution in [3.8, 4) is 5.69 Å². The zero-order valence-corrected chi connectivity index (χ0v) is 54.3. The molecule has 93 heavy (non-hydrogen) atoms. The van der Waals surface area contributed by atoms with E-state index in [9.17, 15) is 62.1 Å². The third-order valence-corrected chi connectivity index (χ3v) is 19.0. The van der Waals surface area contributed by atoms with E-state index in [-0.39, 0.29) is 83.8 Å². The second-order valence-electron chi connectivity index (χ2n) is 25.5. The van der Waals surface area contributed by atoms with Crippen molar-refractivity contribution in [1.29, 1.82) is 0 Å². The van der Waals surface area contributed by atoms with Crippen molar-refractivity contribution in [2.24, 2.45) is 35.5 Å². The van der Waals surface area contributed by atoms with Crippen LogP contribution < -0.4 is 21.3 Å². The molecule has 7 N–H and O–H groups in total. The van der Waals surface area contributed by atoms with E-state index in [1.54, 1.807) is 14.0 Å². The molecule has 0 radical (unpaired) electrons. The lowest BCUT2D eigenvalue weighted by Crippen LogP contribution is -2.66. The van der Waals surface area contributed by atoms with Crippen LogP contribution in [0.15, 0.2) is 84.6 Å². The highest BCUT2D eigenvalue weighted by Gasteiger charge is 2.58. The van der Waals surface area contributed by atoms with Crippen molar-refractivity contribution in [1.82, 2.24) is 25.3 Å². The summed E-state index contributed by atoms with van der Waals surface area (Å²) in [5.41, 5.74) is -0.323. The number of ketones is 1. The lowest BCUT2D eigenvalue weighted by molar-refractivity contribution is -0.302. The first-order valence-corrected chi connectivity index (χ1v) is 32.2. The molecule has 1 unspecified atom stereocenters. The van der Waals surface area contributed by atoms with Crippen LogP contribution in [0, 0.1) is 35.5 Å². The summed E-state index contributed by atoms with van der Waals surface area (Å²) in [4.78, 5) is 96.6. The molecule has 9 rings (SSSR count). The number of anilines is 2. The predicted molar refractivity (Wildman–Crippen MR) is 337 cm³/mol. The van der Waals surface area contributed by atoms with Crippen LogP contribution in [0.2, 0.25) is 5.02 Å². The molecular weight excluding hydrogens is 1240 g/mol. The number of halogens is 4. The molecule has 2 aromatic carbocycles. The van der Waals surface area contributed by atoms with E-state index in [1.165, 1.54) is 61.6 Å². The van der Waals surface area contributed by atoms with E-state index in [1.807, 2.05) is 20.8 Å². The minimum Gasteiger partial charge on any atom is -0.456 e. The van der Waals surface area contributed by atoms with E-state index in [0.29, 0.717) is 75.3 Å². The minimum atomic E-state index is -5.06. The topological polar surface area (TPSA) is 296 Å². The number of allylic oxidation sites excluding steroid dienone is 3. The molecule has 1 saturated carbocycles. The maximum atomic E-state index is 14.7. The van der Waals surface area contributed by atoms with Gasteiger partial charge >= 0.3 is 12.1 Å². The number of aliphatic hydroxyl groups excluding tert-OH is 2. The van der Waals surface area contributed by atoms with Crippen molar-refractivity contribution in [2.45, 2.75) is 172 Å². The molecule has 5 amide bonds. The van der Waals surface area contributed by atoms with Gasteiger partial charge in [0.15, 0.2) is 5.69 Å². The number of aromatic nitrogens is 2. The van der Waals surface area contributed by atoms with E-state index >= 15 is 0 Å². The minimum absolute atomic E-state index is 0.00883. The second kappa shape index (κ2) is 31.6. The number of hydrogen-bond donors (Lipinski definition) is 7. The molecule has 4 fully saturated rings. The van der Waals surface area contributed by atoms with Gasteiger partial charge in [-0.1, -0.05) is 56.7 Å². The molecule has 6 bridgehead atoms. The van der Waals surface area contributed by atoms with Gasteiger partial charge in [-0.2, -0.15) is 18.3 Å². The average Bonchev–Trinajstić information content (AvgIpc) is 1.24. The number of nitrogens with zero attached hydrogens (tertiary/aromatic N) is 3. The summed E-state index contributed by atoms with van der Waals surface area (Å²) in [6, 6.07) is 7.79. The third-order valence-electron chi connectivity index (χ3n) is 18.8. The molecule has 1 aliphatic carbocycles. The van der Waals surface area contributed by atoms with Gasteiger partial charge in [-0.3, -0.25) is 28.8 Å². The summed E-state index contributed by atoms with van der Waals surface area (Å²) in [7, 11) is 4.56. The Kier molecular flexibility index (Phi) is 24.5. The van der Waals surface area contributed by atoms with Crippen LogP contribution in [-0.4, -0.2) is 167 Å². The van der Waals surface area contributed by atoms with Crippen LogP contribution in [0.4, 0.5) is 24.5 Å². The first kappa shape index (κ1) is 72.0. The van der Waals surface area contributed by atoms with Crippen molar-refractivity contribution in [2.75, 3.05) is 51.6 Å². The van der Waals surface area contributed by atoms with E-state index in [2.05, 4.69) is 45.1 Å². The fourth-order valence-corrected chi connectivity index (χ4v) is 14.2. The molecule has 6 heterocycles. The number of nitrogens with one attached hydrogen (secondary N) is 4. The van der Waals surface area contributed by atoms with Crippen molar-refractivity contribution >= 4 is 64.3 Å². The smallest absolute Gasteiger partial charge is 0.434 e. The van der Waals surface area contributed by atoms with Gasteiger partial charge in [-0.15, -0.1) is 0 Å². The van der Waals surface area contributed by atoms with Crippen LogP contribution in [0.25, 0.3) is 5.69 Å². The maximum absolute atomic E-state index is 14.7. The molecule has 508 valence electrons. The SMILES string of the molecule is C=CC(=O)Nc1cc(Cl)cc(NC(=O)c2cnn(-c3ccc(C(=O)NCCNC(=O)CCC[C@@H]4/C=C(\C)C[C@H](C)C[C@H](OC)[C@H]5O[C@@](O)(C(=O)C(=O)N6CCCC7/C(=C\[C@@H]8CC[C@@H](O)[C@H](OC)C8)[C@@H](OC(=O)[C@H]76)[C@H](C)[C@@H](O)CC4)[C@H](C)C[C@@H]5OC)cc3)c2C(F)(F)F)c1. The normalized spacial score (nSPS) is 30.9. The molecular formula is C67H87ClF3N7O15. The van der Waals surface area contributed by atoms with Crippen LogP contribution in [0.1, 0.15) is 138 Å². The fourth-order valence-electron chi connectivity index (χ4n) is 13.9.